The van der Waals surface area contributed by atoms with Crippen molar-refractivity contribution in [2.75, 3.05) is 25.0 Å². The van der Waals surface area contributed by atoms with Crippen LogP contribution in [0.5, 0.6) is 0 Å². The van der Waals surface area contributed by atoms with E-state index in [1.54, 1.807) is 0 Å². The number of nitrogens with zero attached hydrogens (tertiary/aromatic N) is 2. The summed E-state index contributed by atoms with van der Waals surface area (Å²) in [5, 5.41) is 5.84. The molecule has 1 aromatic heterocycles. The molecule has 1 aliphatic heterocycles. The van der Waals surface area contributed by atoms with Gasteiger partial charge in [-0.3, -0.25) is 4.98 Å². The van der Waals surface area contributed by atoms with Crippen LogP contribution < -0.4 is 5.32 Å². The van der Waals surface area contributed by atoms with Crippen LogP contribution in [0.15, 0.2) is 30.5 Å². The smallest absolute Gasteiger partial charge is 0.0737 e. The van der Waals surface area contributed by atoms with Gasteiger partial charge in [-0.1, -0.05) is 50.6 Å². The number of nitrogens with one attached hydrogen (secondary N) is 1. The van der Waals surface area contributed by atoms with Gasteiger partial charge in [0.25, 0.3) is 0 Å². The Labute approximate surface area is 174 Å². The number of rotatable bonds is 6. The topological polar surface area (TPSA) is 28.2 Å². The minimum absolute atomic E-state index is 0.498. The molecule has 2 heterocycles. The van der Waals surface area contributed by atoms with Gasteiger partial charge in [-0.2, -0.15) is 0 Å². The molecule has 3 nitrogen and oxygen atoms in total. The zero-order valence-electron chi connectivity index (χ0n) is 17.2. The van der Waals surface area contributed by atoms with Crippen molar-refractivity contribution in [3.05, 3.63) is 35.5 Å². The van der Waals surface area contributed by atoms with E-state index in [1.165, 1.54) is 75.5 Å². The quantitative estimate of drug-likeness (QED) is 0.611. The minimum atomic E-state index is 0.498. The van der Waals surface area contributed by atoms with Crippen molar-refractivity contribution >= 4 is 28.2 Å². The first-order chi connectivity index (χ1) is 13.7. The first-order valence-corrected chi connectivity index (χ1v) is 11.6. The summed E-state index contributed by atoms with van der Waals surface area (Å²) in [4.78, 5) is 7.20. The fourth-order valence-corrected chi connectivity index (χ4v) is 5.19. The molecule has 0 unspecified atom stereocenters. The molecule has 28 heavy (non-hydrogen) atoms. The summed E-state index contributed by atoms with van der Waals surface area (Å²) in [6, 6.07) is 8.66. The van der Waals surface area contributed by atoms with Crippen LogP contribution in [0, 0.1) is 11.8 Å². The van der Waals surface area contributed by atoms with Crippen LogP contribution in [0.4, 0.5) is 5.69 Å². The van der Waals surface area contributed by atoms with Crippen molar-refractivity contribution < 1.29 is 0 Å². The molecule has 1 saturated carbocycles. The van der Waals surface area contributed by atoms with Crippen molar-refractivity contribution in [3.8, 4) is 0 Å². The van der Waals surface area contributed by atoms with E-state index >= 15 is 0 Å². The van der Waals surface area contributed by atoms with Gasteiger partial charge in [-0.15, -0.1) is 0 Å². The summed E-state index contributed by atoms with van der Waals surface area (Å²) >= 11 is 6.18. The zero-order valence-corrected chi connectivity index (χ0v) is 17.9. The number of aromatic nitrogens is 1. The number of hydrogen-bond donors (Lipinski definition) is 1. The summed E-state index contributed by atoms with van der Waals surface area (Å²) < 4.78 is 0. The largest absolute Gasteiger partial charge is 0.380 e. The summed E-state index contributed by atoms with van der Waals surface area (Å²) in [5.74, 6) is 1.76. The van der Waals surface area contributed by atoms with Crippen molar-refractivity contribution in [1.29, 1.82) is 0 Å². The second-order valence-electron chi connectivity index (χ2n) is 9.08. The highest BCUT2D eigenvalue weighted by molar-refractivity contribution is 6.31. The Morgan fingerprint density at radius 2 is 1.89 bits per heavy atom. The maximum Gasteiger partial charge on any atom is 0.0737 e. The molecule has 2 aromatic rings. The average molecular weight is 400 g/mol. The van der Waals surface area contributed by atoms with E-state index in [-0.39, 0.29) is 0 Å². The third kappa shape index (κ3) is 5.18. The Morgan fingerprint density at radius 1 is 1.11 bits per heavy atom. The molecular formula is C24H34ClN3. The molecule has 4 heteroatoms. The molecule has 2 fully saturated rings. The van der Waals surface area contributed by atoms with Crippen molar-refractivity contribution in [1.82, 2.24) is 9.88 Å². The standard InChI is InChI=1S/C24H34ClN3/c1-18-10-13-28(14-11-18)17-21(15-19-5-3-2-4-6-19)27-23-9-12-26-24-16-20(25)7-8-22(23)24/h7-9,12,16,18-19,21H,2-6,10-11,13-15,17H2,1H3,(H,26,27)/t21-/m1/s1. The molecule has 1 saturated heterocycles. The Morgan fingerprint density at radius 3 is 2.68 bits per heavy atom. The lowest BCUT2D eigenvalue weighted by Crippen LogP contribution is -2.42. The van der Waals surface area contributed by atoms with E-state index in [0.29, 0.717) is 6.04 Å². The van der Waals surface area contributed by atoms with Gasteiger partial charge in [0.2, 0.25) is 0 Å². The molecule has 0 spiro atoms. The lowest BCUT2D eigenvalue weighted by molar-refractivity contribution is 0.176. The van der Waals surface area contributed by atoms with Gasteiger partial charge in [0, 0.05) is 34.9 Å². The van der Waals surface area contributed by atoms with Crippen molar-refractivity contribution in [2.24, 2.45) is 11.8 Å². The fourth-order valence-electron chi connectivity index (χ4n) is 5.03. The predicted molar refractivity (Wildman–Crippen MR) is 120 cm³/mol. The lowest BCUT2D eigenvalue weighted by atomic mass is 9.84. The molecule has 0 radical (unpaired) electrons. The third-order valence-electron chi connectivity index (χ3n) is 6.76. The zero-order chi connectivity index (χ0) is 19.3. The number of pyridine rings is 1. The molecule has 1 N–H and O–H groups in total. The third-order valence-corrected chi connectivity index (χ3v) is 7.00. The van der Waals surface area contributed by atoms with E-state index in [0.717, 1.165) is 28.9 Å². The van der Waals surface area contributed by atoms with E-state index in [1.807, 2.05) is 18.3 Å². The second-order valence-corrected chi connectivity index (χ2v) is 9.52. The molecule has 2 aliphatic rings. The van der Waals surface area contributed by atoms with Gasteiger partial charge < -0.3 is 10.2 Å². The van der Waals surface area contributed by atoms with Crippen molar-refractivity contribution in [2.45, 2.75) is 64.3 Å². The highest BCUT2D eigenvalue weighted by Crippen LogP contribution is 2.31. The molecule has 4 rings (SSSR count). The first-order valence-electron chi connectivity index (χ1n) is 11.2. The Bertz CT molecular complexity index is 764. The van der Waals surface area contributed by atoms with E-state index in [2.05, 4.69) is 34.3 Å². The van der Waals surface area contributed by atoms with Gasteiger partial charge >= 0.3 is 0 Å². The number of anilines is 1. The summed E-state index contributed by atoms with van der Waals surface area (Å²) in [5.41, 5.74) is 2.17. The normalized spacial score (nSPS) is 21.1. The highest BCUT2D eigenvalue weighted by atomic mass is 35.5. The number of piperidine rings is 1. The SMILES string of the molecule is CC1CCN(C[C@@H](CC2CCCCC2)Nc2ccnc3cc(Cl)ccc23)CC1. The molecule has 0 amide bonds. The van der Waals surface area contributed by atoms with Crippen LogP contribution in [0.1, 0.15) is 58.3 Å². The highest BCUT2D eigenvalue weighted by Gasteiger charge is 2.23. The summed E-state index contributed by atoms with van der Waals surface area (Å²) in [6.07, 6.45) is 12.9. The predicted octanol–water partition coefficient (Wildman–Crippen LogP) is 6.37. The number of hydrogen-bond acceptors (Lipinski definition) is 3. The maximum atomic E-state index is 6.18. The van der Waals surface area contributed by atoms with E-state index in [4.69, 9.17) is 11.6 Å². The van der Waals surface area contributed by atoms with Gasteiger partial charge in [0.05, 0.1) is 5.52 Å². The minimum Gasteiger partial charge on any atom is -0.380 e. The first kappa shape index (κ1) is 20.0. The molecule has 152 valence electrons. The fraction of sp³-hybridized carbons (Fsp3) is 0.625. The monoisotopic (exact) mass is 399 g/mol. The van der Waals surface area contributed by atoms with Crippen LogP contribution >= 0.6 is 11.6 Å². The summed E-state index contributed by atoms with van der Waals surface area (Å²) in [6.45, 7) is 6.04. The molecule has 1 aliphatic carbocycles. The van der Waals surface area contributed by atoms with Gasteiger partial charge in [0.1, 0.15) is 0 Å². The van der Waals surface area contributed by atoms with E-state index in [9.17, 15) is 0 Å². The number of benzene rings is 1. The van der Waals surface area contributed by atoms with Crippen LogP contribution in [0.2, 0.25) is 5.02 Å². The van der Waals surface area contributed by atoms with Gasteiger partial charge in [0.15, 0.2) is 0 Å². The summed E-state index contributed by atoms with van der Waals surface area (Å²) in [7, 11) is 0. The Hall–Kier alpha value is -1.32. The van der Waals surface area contributed by atoms with Crippen molar-refractivity contribution in [3.63, 3.8) is 0 Å². The Balaban J connectivity index is 1.51. The van der Waals surface area contributed by atoms with Gasteiger partial charge in [-0.25, -0.2) is 0 Å². The van der Waals surface area contributed by atoms with Crippen LogP contribution in [0.3, 0.4) is 0 Å². The van der Waals surface area contributed by atoms with E-state index < -0.39 is 0 Å². The van der Waals surface area contributed by atoms with Crippen LogP contribution in [-0.2, 0) is 0 Å². The molecule has 0 bridgehead atoms. The number of likely N-dealkylation sites (tertiary alicyclic amines) is 1. The molecule has 1 aromatic carbocycles. The van der Waals surface area contributed by atoms with Crippen LogP contribution in [0.25, 0.3) is 10.9 Å². The molecular weight excluding hydrogens is 366 g/mol. The second kappa shape index (κ2) is 9.45. The maximum absolute atomic E-state index is 6.18. The Kier molecular flexibility index (Phi) is 6.74. The lowest BCUT2D eigenvalue weighted by Gasteiger charge is -2.35. The molecule has 1 atom stereocenters. The average Bonchev–Trinajstić information content (AvgIpc) is 2.70. The number of fused-ring (bicyclic) bond motifs is 1. The van der Waals surface area contributed by atoms with Gasteiger partial charge in [-0.05, 0) is 68.5 Å². The van der Waals surface area contributed by atoms with Crippen LogP contribution in [-0.4, -0.2) is 35.6 Å². The number of halogens is 1.